The Bertz CT molecular complexity index is 761. The van der Waals surface area contributed by atoms with Crippen molar-refractivity contribution in [2.45, 2.75) is 31.0 Å². The summed E-state index contributed by atoms with van der Waals surface area (Å²) in [6.07, 6.45) is -2.03. The number of nitrogens with zero attached hydrogens (tertiary/aromatic N) is 3. The van der Waals surface area contributed by atoms with E-state index in [-0.39, 0.29) is 23.7 Å². The van der Waals surface area contributed by atoms with Crippen LogP contribution in [-0.4, -0.2) is 72.8 Å². The highest BCUT2D eigenvalue weighted by molar-refractivity contribution is 5.70. The molecule has 4 atom stereocenters. The van der Waals surface area contributed by atoms with E-state index in [1.807, 2.05) is 0 Å². The van der Waals surface area contributed by atoms with E-state index in [4.69, 9.17) is 15.6 Å². The Balaban J connectivity index is 1.81. The molecule has 24 heavy (non-hydrogen) atoms. The van der Waals surface area contributed by atoms with Gasteiger partial charge in [0.15, 0.2) is 17.4 Å². The van der Waals surface area contributed by atoms with Gasteiger partial charge in [-0.3, -0.25) is 14.3 Å². The minimum atomic E-state index is -1.21. The largest absolute Gasteiger partial charge is 0.396 e. The summed E-state index contributed by atoms with van der Waals surface area (Å²) >= 11 is 0. The van der Waals surface area contributed by atoms with Gasteiger partial charge in [-0.1, -0.05) is 0 Å². The van der Waals surface area contributed by atoms with Crippen molar-refractivity contribution in [2.75, 3.05) is 25.4 Å². The number of hydrogen-bond acceptors (Lipinski definition) is 9. The van der Waals surface area contributed by atoms with Crippen LogP contribution in [0, 0.1) is 0 Å². The number of aromatic nitrogens is 4. The minimum Gasteiger partial charge on any atom is -0.396 e. The zero-order valence-electron chi connectivity index (χ0n) is 12.8. The number of rotatable bonds is 6. The molecule has 132 valence electrons. The van der Waals surface area contributed by atoms with E-state index >= 15 is 0 Å². The van der Waals surface area contributed by atoms with Crippen molar-refractivity contribution in [3.05, 3.63) is 16.7 Å². The highest BCUT2D eigenvalue weighted by Gasteiger charge is 2.44. The van der Waals surface area contributed by atoms with Crippen LogP contribution in [0.1, 0.15) is 12.6 Å². The minimum absolute atomic E-state index is 0.0645. The molecule has 2 aromatic rings. The first kappa shape index (κ1) is 16.8. The quantitative estimate of drug-likeness (QED) is 0.306. The van der Waals surface area contributed by atoms with Crippen molar-refractivity contribution in [1.82, 2.24) is 24.8 Å². The Hall–Kier alpha value is -2.05. The molecule has 1 saturated heterocycles. The van der Waals surface area contributed by atoms with Crippen molar-refractivity contribution in [3.8, 4) is 0 Å². The first-order valence-electron chi connectivity index (χ1n) is 7.58. The number of nitrogen functional groups attached to an aromatic ring is 1. The average Bonchev–Trinajstić information content (AvgIpc) is 3.07. The highest BCUT2D eigenvalue weighted by atomic mass is 16.6. The second-order valence-electron chi connectivity index (χ2n) is 5.60. The fourth-order valence-electron chi connectivity index (χ4n) is 2.71. The number of aliphatic hydroxyl groups is 3. The lowest BCUT2D eigenvalue weighted by molar-refractivity contribution is -0.0341. The van der Waals surface area contributed by atoms with Crippen molar-refractivity contribution in [2.24, 2.45) is 0 Å². The normalized spacial score (nSPS) is 27.1. The van der Waals surface area contributed by atoms with E-state index in [1.165, 1.54) is 10.9 Å². The molecule has 7 N–H and O–H groups in total. The molecule has 1 fully saturated rings. The summed E-state index contributed by atoms with van der Waals surface area (Å²) in [7, 11) is 0. The number of ether oxygens (including phenoxy) is 1. The summed E-state index contributed by atoms with van der Waals surface area (Å²) in [4.78, 5) is 22.1. The van der Waals surface area contributed by atoms with Gasteiger partial charge < -0.3 is 31.1 Å². The van der Waals surface area contributed by atoms with Gasteiger partial charge in [0.1, 0.15) is 18.3 Å². The second-order valence-corrected chi connectivity index (χ2v) is 5.60. The van der Waals surface area contributed by atoms with Gasteiger partial charge in [0.25, 0.3) is 5.56 Å². The second kappa shape index (κ2) is 6.83. The summed E-state index contributed by atoms with van der Waals surface area (Å²) in [6, 6.07) is 0. The lowest BCUT2D eigenvalue weighted by Gasteiger charge is -2.16. The van der Waals surface area contributed by atoms with Gasteiger partial charge >= 0.3 is 0 Å². The fourth-order valence-corrected chi connectivity index (χ4v) is 2.71. The third kappa shape index (κ3) is 2.99. The molecule has 2 aromatic heterocycles. The molecule has 3 rings (SSSR count). The highest BCUT2D eigenvalue weighted by Crippen LogP contribution is 2.30. The molecule has 0 aliphatic carbocycles. The Morgan fingerprint density at radius 2 is 2.21 bits per heavy atom. The standard InChI is InChI=1S/C13H20N6O5/c14-13-17-10-7(11(23)18-13)16-5-19(10)12-9(22)8(21)6(24-12)4-15-2-1-3-20/h5-6,8-9,12,15,20-22H,1-4H2,(H3,14,17,18,23)/t6-,8-,9-,12-/m1/s1. The van der Waals surface area contributed by atoms with E-state index in [0.29, 0.717) is 19.5 Å². The lowest BCUT2D eigenvalue weighted by Crippen LogP contribution is -2.38. The number of imidazole rings is 1. The van der Waals surface area contributed by atoms with Gasteiger partial charge in [0.2, 0.25) is 5.95 Å². The number of nitrogens with two attached hydrogens (primary N) is 1. The molecule has 1 aliphatic heterocycles. The van der Waals surface area contributed by atoms with Crippen LogP contribution < -0.4 is 16.6 Å². The molecule has 3 heterocycles. The predicted molar refractivity (Wildman–Crippen MR) is 83.1 cm³/mol. The third-order valence-electron chi connectivity index (χ3n) is 3.92. The average molecular weight is 340 g/mol. The Kier molecular flexibility index (Phi) is 4.78. The molecule has 1 aliphatic rings. The summed E-state index contributed by atoms with van der Waals surface area (Å²) in [5, 5.41) is 32.2. The third-order valence-corrected chi connectivity index (χ3v) is 3.92. The van der Waals surface area contributed by atoms with Crippen molar-refractivity contribution < 1.29 is 20.1 Å². The van der Waals surface area contributed by atoms with Gasteiger partial charge in [0, 0.05) is 13.2 Å². The smallest absolute Gasteiger partial charge is 0.280 e. The monoisotopic (exact) mass is 340 g/mol. The maximum absolute atomic E-state index is 11.8. The number of nitrogens with one attached hydrogen (secondary N) is 2. The molecule has 0 bridgehead atoms. The molecule has 0 radical (unpaired) electrons. The maximum Gasteiger partial charge on any atom is 0.280 e. The summed E-state index contributed by atoms with van der Waals surface area (Å²) < 4.78 is 7.08. The molecule has 0 spiro atoms. The predicted octanol–water partition coefficient (Wildman–Crippen LogP) is -2.71. The van der Waals surface area contributed by atoms with Gasteiger partial charge in [-0.05, 0) is 13.0 Å². The molecule has 0 aromatic carbocycles. The van der Waals surface area contributed by atoms with E-state index in [9.17, 15) is 15.0 Å². The van der Waals surface area contributed by atoms with E-state index in [0.717, 1.165) is 0 Å². The fraction of sp³-hybridized carbons (Fsp3) is 0.615. The molecule has 0 unspecified atom stereocenters. The zero-order valence-corrected chi connectivity index (χ0v) is 12.8. The molecule has 0 saturated carbocycles. The molecule has 11 nitrogen and oxygen atoms in total. The van der Waals surface area contributed by atoms with Crippen LogP contribution in [0.15, 0.2) is 11.1 Å². The van der Waals surface area contributed by atoms with Crippen LogP contribution in [0.5, 0.6) is 0 Å². The van der Waals surface area contributed by atoms with Crippen LogP contribution in [0.25, 0.3) is 11.2 Å². The number of aliphatic hydroxyl groups excluding tert-OH is 3. The zero-order chi connectivity index (χ0) is 17.3. The number of aromatic amines is 1. The van der Waals surface area contributed by atoms with Crippen LogP contribution in [-0.2, 0) is 4.74 Å². The van der Waals surface area contributed by atoms with Gasteiger partial charge in [-0.2, -0.15) is 4.98 Å². The van der Waals surface area contributed by atoms with Crippen molar-refractivity contribution >= 4 is 17.1 Å². The SMILES string of the molecule is Nc1nc2c(ncn2[C@@H]2O[C@H](CNCCCO)[C@@H](O)[C@H]2O)c(=O)[nH]1. The van der Waals surface area contributed by atoms with Crippen LogP contribution >= 0.6 is 0 Å². The van der Waals surface area contributed by atoms with E-state index in [2.05, 4.69) is 20.3 Å². The first-order chi connectivity index (χ1) is 11.5. The molecular formula is C13H20N6O5. The molecule has 11 heteroatoms. The van der Waals surface area contributed by atoms with Crippen molar-refractivity contribution in [3.63, 3.8) is 0 Å². The number of H-pyrrole nitrogens is 1. The molecule has 0 amide bonds. The lowest BCUT2D eigenvalue weighted by atomic mass is 10.1. The van der Waals surface area contributed by atoms with Crippen LogP contribution in [0.4, 0.5) is 5.95 Å². The van der Waals surface area contributed by atoms with Gasteiger partial charge in [-0.15, -0.1) is 0 Å². The van der Waals surface area contributed by atoms with Gasteiger partial charge in [0.05, 0.1) is 6.33 Å². The number of fused-ring (bicyclic) bond motifs is 1. The Labute approximate surface area is 136 Å². The number of anilines is 1. The first-order valence-corrected chi connectivity index (χ1v) is 7.58. The molecular weight excluding hydrogens is 320 g/mol. The van der Waals surface area contributed by atoms with E-state index in [1.54, 1.807) is 0 Å². The Morgan fingerprint density at radius 1 is 1.42 bits per heavy atom. The summed E-state index contributed by atoms with van der Waals surface area (Å²) in [5.41, 5.74) is 5.29. The topological polar surface area (TPSA) is 172 Å². The van der Waals surface area contributed by atoms with Crippen LogP contribution in [0.2, 0.25) is 0 Å². The van der Waals surface area contributed by atoms with Crippen LogP contribution in [0.3, 0.4) is 0 Å². The van der Waals surface area contributed by atoms with E-state index < -0.39 is 30.1 Å². The van der Waals surface area contributed by atoms with Crippen molar-refractivity contribution in [1.29, 1.82) is 0 Å². The number of hydrogen-bond donors (Lipinski definition) is 6. The summed E-state index contributed by atoms with van der Waals surface area (Å²) in [6.45, 7) is 0.928. The van der Waals surface area contributed by atoms with Gasteiger partial charge in [-0.25, -0.2) is 4.98 Å². The maximum atomic E-state index is 11.8. The Morgan fingerprint density at radius 3 is 2.96 bits per heavy atom. The summed E-state index contributed by atoms with van der Waals surface area (Å²) in [5.74, 6) is -0.0792.